The quantitative estimate of drug-likeness (QED) is 0.776. The molecule has 0 unspecified atom stereocenters. The normalized spacial score (nSPS) is 18.4. The zero-order valence-corrected chi connectivity index (χ0v) is 15.2. The van der Waals surface area contributed by atoms with Crippen molar-refractivity contribution in [1.29, 1.82) is 0 Å². The predicted octanol–water partition coefficient (Wildman–Crippen LogP) is 4.25. The number of anilines is 1. The Hall–Kier alpha value is -1.65. The number of nitrogens with zero attached hydrogens (tertiary/aromatic N) is 3. The lowest BCUT2D eigenvalue weighted by molar-refractivity contribution is 0.247. The number of fused-ring (bicyclic) bond motifs is 1. The first kappa shape index (κ1) is 15.9. The van der Waals surface area contributed by atoms with Crippen LogP contribution in [-0.4, -0.2) is 29.5 Å². The molecule has 2 aliphatic heterocycles. The van der Waals surface area contributed by atoms with Crippen LogP contribution in [0.4, 0.5) is 5.13 Å². The van der Waals surface area contributed by atoms with E-state index in [2.05, 4.69) is 53.1 Å². The van der Waals surface area contributed by atoms with E-state index in [1.165, 1.54) is 34.1 Å². The summed E-state index contributed by atoms with van der Waals surface area (Å²) in [5.74, 6) is 0. The molecule has 4 heteroatoms. The van der Waals surface area contributed by atoms with Gasteiger partial charge in [-0.2, -0.15) is 0 Å². The second-order valence-corrected chi connectivity index (χ2v) is 7.79. The fraction of sp³-hybridized carbons (Fsp3) is 0.450. The van der Waals surface area contributed by atoms with Crippen molar-refractivity contribution in [2.75, 3.05) is 24.5 Å². The Balaban J connectivity index is 1.43. The van der Waals surface area contributed by atoms with Crippen molar-refractivity contribution in [2.45, 2.75) is 39.3 Å². The summed E-state index contributed by atoms with van der Waals surface area (Å²) in [6.45, 7) is 7.62. The maximum absolute atomic E-state index is 4.96. The van der Waals surface area contributed by atoms with Gasteiger partial charge in [0, 0.05) is 44.0 Å². The number of hydrogen-bond acceptors (Lipinski definition) is 4. The highest BCUT2D eigenvalue weighted by atomic mass is 32.1. The summed E-state index contributed by atoms with van der Waals surface area (Å²) in [5.41, 5.74) is 4.34. The Bertz CT molecular complexity index is 720. The largest absolute Gasteiger partial charge is 0.344 e. The lowest BCUT2D eigenvalue weighted by atomic mass is 10.1. The lowest BCUT2D eigenvalue weighted by Crippen LogP contribution is -2.29. The van der Waals surface area contributed by atoms with E-state index in [1.807, 2.05) is 11.3 Å². The molecular formula is C20H25N3S. The monoisotopic (exact) mass is 339 g/mol. The van der Waals surface area contributed by atoms with Crippen LogP contribution in [0.15, 0.2) is 42.0 Å². The molecule has 3 heterocycles. The second-order valence-electron chi connectivity index (χ2n) is 6.72. The smallest absolute Gasteiger partial charge is 0.186 e. The minimum atomic E-state index is 1.03. The van der Waals surface area contributed by atoms with Crippen molar-refractivity contribution in [2.24, 2.45) is 0 Å². The molecule has 0 spiro atoms. The average Bonchev–Trinajstić information content (AvgIpc) is 3.06. The van der Waals surface area contributed by atoms with Crippen molar-refractivity contribution in [3.63, 3.8) is 0 Å². The SMILES string of the molecule is CCC1=CCN(c2nc3c(s2)CN(Cc2ccccc2)CC3)CC1. The van der Waals surface area contributed by atoms with Gasteiger partial charge in [0.05, 0.1) is 5.69 Å². The van der Waals surface area contributed by atoms with Crippen LogP contribution >= 0.6 is 11.3 Å². The highest BCUT2D eigenvalue weighted by Crippen LogP contribution is 2.32. The van der Waals surface area contributed by atoms with Crippen LogP contribution in [0, 0.1) is 0 Å². The van der Waals surface area contributed by atoms with E-state index in [-0.39, 0.29) is 0 Å². The van der Waals surface area contributed by atoms with Crippen molar-refractivity contribution < 1.29 is 0 Å². The molecule has 0 fully saturated rings. The second kappa shape index (κ2) is 7.08. The van der Waals surface area contributed by atoms with Crippen LogP contribution in [0.25, 0.3) is 0 Å². The molecule has 0 saturated carbocycles. The summed E-state index contributed by atoms with van der Waals surface area (Å²) in [6.07, 6.45) is 5.87. The molecule has 0 aliphatic carbocycles. The summed E-state index contributed by atoms with van der Waals surface area (Å²) in [7, 11) is 0. The molecule has 24 heavy (non-hydrogen) atoms. The molecular weight excluding hydrogens is 314 g/mol. The summed E-state index contributed by atoms with van der Waals surface area (Å²) < 4.78 is 0. The van der Waals surface area contributed by atoms with E-state index < -0.39 is 0 Å². The molecule has 1 aromatic heterocycles. The van der Waals surface area contributed by atoms with E-state index >= 15 is 0 Å². The van der Waals surface area contributed by atoms with Crippen molar-refractivity contribution in [1.82, 2.24) is 9.88 Å². The van der Waals surface area contributed by atoms with Gasteiger partial charge in [0.25, 0.3) is 0 Å². The van der Waals surface area contributed by atoms with Gasteiger partial charge in [-0.15, -0.1) is 11.3 Å². The van der Waals surface area contributed by atoms with Crippen LogP contribution in [0.1, 0.15) is 35.9 Å². The summed E-state index contributed by atoms with van der Waals surface area (Å²) in [4.78, 5) is 11.4. The molecule has 0 N–H and O–H groups in total. The zero-order chi connectivity index (χ0) is 16.4. The molecule has 3 nitrogen and oxygen atoms in total. The first-order chi connectivity index (χ1) is 11.8. The van der Waals surface area contributed by atoms with Crippen LogP contribution in [0.2, 0.25) is 0 Å². The van der Waals surface area contributed by atoms with Gasteiger partial charge in [-0.25, -0.2) is 4.98 Å². The molecule has 126 valence electrons. The number of thiazole rings is 1. The molecule has 0 bridgehead atoms. The highest BCUT2D eigenvalue weighted by Gasteiger charge is 2.23. The van der Waals surface area contributed by atoms with Crippen LogP contribution in [0.5, 0.6) is 0 Å². The van der Waals surface area contributed by atoms with Crippen molar-refractivity contribution in [3.05, 3.63) is 58.1 Å². The van der Waals surface area contributed by atoms with Gasteiger partial charge in [-0.05, 0) is 18.4 Å². The van der Waals surface area contributed by atoms with Crippen molar-refractivity contribution >= 4 is 16.5 Å². The third-order valence-electron chi connectivity index (χ3n) is 5.08. The Morgan fingerprint density at radius 1 is 1.12 bits per heavy atom. The zero-order valence-electron chi connectivity index (χ0n) is 14.4. The van der Waals surface area contributed by atoms with Crippen molar-refractivity contribution in [3.8, 4) is 0 Å². The molecule has 2 aliphatic rings. The molecule has 0 amide bonds. The first-order valence-corrected chi connectivity index (χ1v) is 9.81. The van der Waals surface area contributed by atoms with E-state index in [1.54, 1.807) is 5.57 Å². The molecule has 0 saturated heterocycles. The van der Waals surface area contributed by atoms with E-state index in [4.69, 9.17) is 4.98 Å². The number of rotatable bonds is 4. The van der Waals surface area contributed by atoms with Gasteiger partial charge < -0.3 is 4.90 Å². The van der Waals surface area contributed by atoms with E-state index in [0.29, 0.717) is 0 Å². The Labute approximate surface area is 148 Å². The van der Waals surface area contributed by atoms with Crippen LogP contribution in [0.3, 0.4) is 0 Å². The van der Waals surface area contributed by atoms with E-state index in [0.717, 1.165) is 39.1 Å². The van der Waals surface area contributed by atoms with Gasteiger partial charge >= 0.3 is 0 Å². The third kappa shape index (κ3) is 3.40. The average molecular weight is 340 g/mol. The number of aromatic nitrogens is 1. The van der Waals surface area contributed by atoms with Gasteiger partial charge in [-0.1, -0.05) is 48.9 Å². The summed E-state index contributed by atoms with van der Waals surface area (Å²) in [5, 5.41) is 1.23. The molecule has 2 aromatic rings. The maximum Gasteiger partial charge on any atom is 0.186 e. The Morgan fingerprint density at radius 2 is 2.00 bits per heavy atom. The first-order valence-electron chi connectivity index (χ1n) is 8.99. The standard InChI is InChI=1S/C20H25N3S/c1-2-16-8-12-23(13-9-16)20-21-18-10-11-22(15-19(18)24-20)14-17-6-4-3-5-7-17/h3-8H,2,9-15H2,1H3. The fourth-order valence-corrected chi connectivity index (χ4v) is 4.74. The van der Waals surface area contributed by atoms with Gasteiger partial charge in [0.2, 0.25) is 0 Å². The fourth-order valence-electron chi connectivity index (χ4n) is 3.55. The highest BCUT2D eigenvalue weighted by molar-refractivity contribution is 7.15. The van der Waals surface area contributed by atoms with Gasteiger partial charge in [0.15, 0.2) is 5.13 Å². The molecule has 0 atom stereocenters. The Kier molecular flexibility index (Phi) is 4.67. The number of hydrogen-bond donors (Lipinski definition) is 0. The summed E-state index contributed by atoms with van der Waals surface area (Å²) >= 11 is 1.91. The van der Waals surface area contributed by atoms with Gasteiger partial charge in [-0.3, -0.25) is 4.90 Å². The van der Waals surface area contributed by atoms with E-state index in [9.17, 15) is 0 Å². The Morgan fingerprint density at radius 3 is 2.75 bits per heavy atom. The van der Waals surface area contributed by atoms with Crippen LogP contribution in [-0.2, 0) is 19.5 Å². The summed E-state index contributed by atoms with van der Waals surface area (Å²) in [6, 6.07) is 10.8. The van der Waals surface area contributed by atoms with Gasteiger partial charge in [0.1, 0.15) is 0 Å². The lowest BCUT2D eigenvalue weighted by Gasteiger charge is -2.25. The third-order valence-corrected chi connectivity index (χ3v) is 6.22. The number of benzene rings is 1. The topological polar surface area (TPSA) is 19.4 Å². The van der Waals surface area contributed by atoms with Crippen LogP contribution < -0.4 is 4.90 Å². The molecule has 1 aromatic carbocycles. The molecule has 4 rings (SSSR count). The minimum Gasteiger partial charge on any atom is -0.344 e. The minimum absolute atomic E-state index is 1.03. The molecule has 0 radical (unpaired) electrons. The predicted molar refractivity (Wildman–Crippen MR) is 102 cm³/mol. The maximum atomic E-state index is 4.96.